The van der Waals surface area contributed by atoms with Gasteiger partial charge in [-0.05, 0) is 6.42 Å². The van der Waals surface area contributed by atoms with Gasteiger partial charge < -0.3 is 0 Å². The summed E-state index contributed by atoms with van der Waals surface area (Å²) in [5.41, 5.74) is 0. The summed E-state index contributed by atoms with van der Waals surface area (Å²) in [7, 11) is 0. The van der Waals surface area contributed by atoms with Gasteiger partial charge >= 0.3 is 0 Å². The Morgan fingerprint density at radius 2 is 0.565 bits per heavy atom. The summed E-state index contributed by atoms with van der Waals surface area (Å²) < 4.78 is 0. The molecule has 0 aromatic rings. The first-order valence-electron chi connectivity index (χ1n) is 11.0. The summed E-state index contributed by atoms with van der Waals surface area (Å²) in [4.78, 5) is 0. The molecule has 0 rings (SSSR count). The molecule has 0 spiro atoms. The molecule has 0 heterocycles. The van der Waals surface area contributed by atoms with Crippen LogP contribution in [0, 0.1) is 0 Å². The minimum atomic E-state index is 0.124. The molecule has 0 atom stereocenters. The van der Waals surface area contributed by atoms with E-state index < -0.39 is 0 Å². The van der Waals surface area contributed by atoms with Crippen molar-refractivity contribution in [3.8, 4) is 0 Å². The summed E-state index contributed by atoms with van der Waals surface area (Å²) in [6, 6.07) is 0. The molecule has 0 saturated heterocycles. The number of hydrogen-bond acceptors (Lipinski definition) is 0. The van der Waals surface area contributed by atoms with Gasteiger partial charge in [0, 0.05) is 0 Å². The van der Waals surface area contributed by atoms with Crippen LogP contribution in [0.3, 0.4) is 0 Å². The summed E-state index contributed by atoms with van der Waals surface area (Å²) in [5, 5.41) is 10.3. The first kappa shape index (κ1) is 23.0. The van der Waals surface area contributed by atoms with Gasteiger partial charge in [-0.15, -0.1) is 0 Å². The van der Waals surface area contributed by atoms with Crippen molar-refractivity contribution in [2.75, 3.05) is 6.61 Å². The Bertz CT molecular complexity index is 170. The molecule has 0 bridgehead atoms. The smallest absolute Gasteiger partial charge is 0.0822 e. The topological polar surface area (TPSA) is 19.9 Å². The zero-order valence-corrected chi connectivity index (χ0v) is 16.3. The van der Waals surface area contributed by atoms with E-state index in [0.717, 1.165) is 12.8 Å². The third-order valence-corrected chi connectivity index (χ3v) is 5.00. The quantitative estimate of drug-likeness (QED) is 0.201. The normalized spacial score (nSPS) is 11.2. The summed E-state index contributed by atoms with van der Waals surface area (Å²) in [5.74, 6) is 0. The van der Waals surface area contributed by atoms with Crippen molar-refractivity contribution in [3.05, 3.63) is 0 Å². The van der Waals surface area contributed by atoms with Crippen LogP contribution in [0.1, 0.15) is 135 Å². The molecule has 1 radical (unpaired) electrons. The molecule has 0 aromatic heterocycles. The lowest BCUT2D eigenvalue weighted by atomic mass is 10.0. The summed E-state index contributed by atoms with van der Waals surface area (Å²) in [6.45, 7) is 2.41. The van der Waals surface area contributed by atoms with E-state index in [9.17, 15) is 5.11 Å². The van der Waals surface area contributed by atoms with E-state index >= 15 is 0 Å². The maximum Gasteiger partial charge on any atom is 0.0822 e. The monoisotopic (exact) mass is 325 g/mol. The van der Waals surface area contributed by atoms with Gasteiger partial charge in [0.1, 0.15) is 0 Å². The van der Waals surface area contributed by atoms with Crippen LogP contribution in [0.5, 0.6) is 0 Å². The first-order chi connectivity index (χ1) is 11.4. The van der Waals surface area contributed by atoms with Crippen molar-refractivity contribution in [3.63, 3.8) is 0 Å². The maximum absolute atomic E-state index is 10.3. The highest BCUT2D eigenvalue weighted by atomic mass is 16.2. The van der Waals surface area contributed by atoms with Crippen molar-refractivity contribution in [1.82, 2.24) is 0 Å². The lowest BCUT2D eigenvalue weighted by Crippen LogP contribution is -1.85. The lowest BCUT2D eigenvalue weighted by molar-refractivity contribution is 0.186. The number of rotatable bonds is 20. The molecule has 0 aliphatic carbocycles. The van der Waals surface area contributed by atoms with Gasteiger partial charge in [0.05, 0.1) is 6.61 Å². The fourth-order valence-corrected chi connectivity index (χ4v) is 3.36. The van der Waals surface area contributed by atoms with Crippen molar-refractivity contribution in [1.29, 1.82) is 0 Å². The zero-order valence-electron chi connectivity index (χ0n) is 16.3. The molecule has 139 valence electrons. The number of hydrogen-bond donors (Lipinski definition) is 0. The molecule has 0 fully saturated rings. The fraction of sp³-hybridized carbons (Fsp3) is 1.00. The summed E-state index contributed by atoms with van der Waals surface area (Å²) >= 11 is 0. The molecule has 0 aliphatic heterocycles. The van der Waals surface area contributed by atoms with E-state index in [2.05, 4.69) is 6.92 Å². The van der Waals surface area contributed by atoms with Gasteiger partial charge in [-0.1, -0.05) is 129 Å². The van der Waals surface area contributed by atoms with Crippen LogP contribution in [0.15, 0.2) is 0 Å². The average molecular weight is 326 g/mol. The predicted molar refractivity (Wildman–Crippen MR) is 104 cm³/mol. The standard InChI is InChI=1S/C22H45O/c1-2-3-4-5-6-7-8-9-10-11-12-13-14-15-16-17-18-19-20-21-22-23/h2-22H2,1H3. The minimum Gasteiger partial charge on any atom is -0.237 e. The van der Waals surface area contributed by atoms with Crippen molar-refractivity contribution < 1.29 is 5.11 Å². The maximum atomic E-state index is 10.3. The van der Waals surface area contributed by atoms with Crippen LogP contribution in [-0.2, 0) is 5.11 Å². The molecule has 1 heteroatoms. The highest BCUT2D eigenvalue weighted by Crippen LogP contribution is 2.14. The largest absolute Gasteiger partial charge is 0.237 e. The van der Waals surface area contributed by atoms with Crippen molar-refractivity contribution in [2.24, 2.45) is 0 Å². The second-order valence-corrected chi connectivity index (χ2v) is 7.42. The lowest BCUT2D eigenvalue weighted by Gasteiger charge is -2.03. The van der Waals surface area contributed by atoms with Gasteiger partial charge in [0.2, 0.25) is 0 Å². The van der Waals surface area contributed by atoms with Crippen molar-refractivity contribution >= 4 is 0 Å². The Morgan fingerprint density at radius 3 is 0.783 bits per heavy atom. The molecular weight excluding hydrogens is 280 g/mol. The Hall–Kier alpha value is -0.0400. The average Bonchev–Trinajstić information content (AvgIpc) is 2.57. The highest BCUT2D eigenvalue weighted by molar-refractivity contribution is 4.50. The van der Waals surface area contributed by atoms with Crippen LogP contribution in [-0.4, -0.2) is 6.61 Å². The second kappa shape index (κ2) is 22.0. The van der Waals surface area contributed by atoms with E-state index in [-0.39, 0.29) is 6.61 Å². The van der Waals surface area contributed by atoms with Gasteiger partial charge in [-0.2, -0.15) is 0 Å². The van der Waals surface area contributed by atoms with E-state index in [1.54, 1.807) is 0 Å². The second-order valence-electron chi connectivity index (χ2n) is 7.42. The van der Waals surface area contributed by atoms with Gasteiger partial charge in [0.25, 0.3) is 0 Å². The number of unbranched alkanes of at least 4 members (excludes halogenated alkanes) is 19. The van der Waals surface area contributed by atoms with Gasteiger partial charge in [-0.3, -0.25) is 0 Å². The molecule has 0 aromatic carbocycles. The Balaban J connectivity index is 2.92. The van der Waals surface area contributed by atoms with Crippen molar-refractivity contribution in [2.45, 2.75) is 135 Å². The van der Waals surface area contributed by atoms with Gasteiger partial charge in [0.15, 0.2) is 0 Å². The highest BCUT2D eigenvalue weighted by Gasteiger charge is 1.95. The van der Waals surface area contributed by atoms with Crippen LogP contribution in [0.25, 0.3) is 0 Å². The minimum absolute atomic E-state index is 0.124. The van der Waals surface area contributed by atoms with Crippen LogP contribution >= 0.6 is 0 Å². The SMILES string of the molecule is CCCCCCCCCCCCCCCCCCCCCC[O]. The van der Waals surface area contributed by atoms with E-state index in [4.69, 9.17) is 0 Å². The fourth-order valence-electron chi connectivity index (χ4n) is 3.36. The van der Waals surface area contributed by atoms with E-state index in [1.807, 2.05) is 0 Å². The first-order valence-corrected chi connectivity index (χ1v) is 11.0. The predicted octanol–water partition coefficient (Wildman–Crippen LogP) is 8.24. The van der Waals surface area contributed by atoms with E-state index in [1.165, 1.54) is 116 Å². The molecule has 0 saturated carbocycles. The Morgan fingerprint density at radius 1 is 0.348 bits per heavy atom. The van der Waals surface area contributed by atoms with Crippen LogP contribution < -0.4 is 0 Å². The molecular formula is C22H45O. The Labute approximate surface area is 147 Å². The molecule has 1 nitrogen and oxygen atoms in total. The van der Waals surface area contributed by atoms with Crippen LogP contribution in [0.2, 0.25) is 0 Å². The third-order valence-electron chi connectivity index (χ3n) is 5.00. The zero-order chi connectivity index (χ0) is 16.8. The molecule has 0 amide bonds. The van der Waals surface area contributed by atoms with Crippen LogP contribution in [0.4, 0.5) is 0 Å². The third kappa shape index (κ3) is 22.0. The molecule has 0 aliphatic rings. The molecule has 23 heavy (non-hydrogen) atoms. The van der Waals surface area contributed by atoms with Gasteiger partial charge in [-0.25, -0.2) is 5.11 Å². The summed E-state index contributed by atoms with van der Waals surface area (Å²) in [6.07, 6.45) is 27.8. The molecule has 0 unspecified atom stereocenters. The Kier molecular flexibility index (Phi) is 21.9. The van der Waals surface area contributed by atoms with E-state index in [0.29, 0.717) is 0 Å². The molecule has 0 N–H and O–H groups in total.